The van der Waals surface area contributed by atoms with Crippen LogP contribution in [0.2, 0.25) is 0 Å². The van der Waals surface area contributed by atoms with Gasteiger partial charge in [-0.15, -0.1) is 0 Å². The number of benzene rings is 1. The van der Waals surface area contributed by atoms with Crippen molar-refractivity contribution in [1.29, 1.82) is 5.26 Å². The number of aromatic nitrogens is 2. The molecule has 0 aliphatic carbocycles. The van der Waals surface area contributed by atoms with Crippen LogP contribution in [0.3, 0.4) is 0 Å². The van der Waals surface area contributed by atoms with Crippen LogP contribution in [0.25, 0.3) is 0 Å². The average Bonchev–Trinajstić information content (AvgIpc) is 2.99. The van der Waals surface area contributed by atoms with Crippen LogP contribution in [0.15, 0.2) is 36.5 Å². The molecule has 2 aromatic heterocycles. The Morgan fingerprint density at radius 3 is 2.73 bits per heavy atom. The number of nitrogens with zero attached hydrogens (tertiary/aromatic N) is 3. The normalized spacial score (nSPS) is 10.4. The predicted octanol–water partition coefficient (Wildman–Crippen LogP) is 3.84. The molecule has 0 aliphatic heterocycles. The molecule has 3 aromatic rings. The van der Waals surface area contributed by atoms with E-state index in [9.17, 15) is 13.6 Å². The molecule has 1 amide bonds. The number of rotatable bonds is 4. The number of aryl methyl sites for hydroxylation is 1. The number of hydrogen-bond acceptors (Lipinski definition) is 5. The molecule has 0 spiro atoms. The highest BCUT2D eigenvalue weighted by Gasteiger charge is 2.19. The van der Waals surface area contributed by atoms with E-state index in [1.165, 1.54) is 23.8 Å². The first-order valence-corrected chi connectivity index (χ1v) is 8.32. The summed E-state index contributed by atoms with van der Waals surface area (Å²) in [7, 11) is 0. The maximum Gasteiger partial charge on any atom is 0.258 e. The van der Waals surface area contributed by atoms with E-state index in [4.69, 9.17) is 5.26 Å². The second kappa shape index (κ2) is 7.37. The Morgan fingerprint density at radius 2 is 2.08 bits per heavy atom. The summed E-state index contributed by atoms with van der Waals surface area (Å²) in [5.74, 6) is -2.47. The lowest BCUT2D eigenvalue weighted by Gasteiger charge is -2.07. The van der Waals surface area contributed by atoms with E-state index in [-0.39, 0.29) is 5.69 Å². The first-order chi connectivity index (χ1) is 12.5. The Labute approximate surface area is 152 Å². The van der Waals surface area contributed by atoms with Gasteiger partial charge in [0, 0.05) is 34.9 Å². The lowest BCUT2D eigenvalue weighted by atomic mass is 10.1. The standard InChI is InChI=1S/C18H12F2N4OS/c1-10-17(18(25)23-13-4-5-14(19)15(20)6-13)16(26-24-10)7-12-3-2-11(8-21)9-22-12/h2-6,9H,7H2,1H3,(H,23,25). The number of carbonyl (C=O) groups is 1. The van der Waals surface area contributed by atoms with Crippen molar-refractivity contribution in [3.63, 3.8) is 0 Å². The van der Waals surface area contributed by atoms with Crippen molar-refractivity contribution in [2.45, 2.75) is 13.3 Å². The topological polar surface area (TPSA) is 78.7 Å². The largest absolute Gasteiger partial charge is 0.322 e. The number of halogens is 2. The highest BCUT2D eigenvalue weighted by atomic mass is 32.1. The molecule has 0 atom stereocenters. The van der Waals surface area contributed by atoms with Crippen LogP contribution in [0.4, 0.5) is 14.5 Å². The van der Waals surface area contributed by atoms with Gasteiger partial charge in [-0.25, -0.2) is 8.78 Å². The van der Waals surface area contributed by atoms with Gasteiger partial charge in [0.2, 0.25) is 0 Å². The van der Waals surface area contributed by atoms with Crippen molar-refractivity contribution in [1.82, 2.24) is 9.36 Å². The van der Waals surface area contributed by atoms with Crippen LogP contribution in [0, 0.1) is 29.9 Å². The third kappa shape index (κ3) is 3.73. The van der Waals surface area contributed by atoms with Gasteiger partial charge in [0.05, 0.1) is 16.8 Å². The van der Waals surface area contributed by atoms with Crippen LogP contribution >= 0.6 is 11.5 Å². The molecule has 3 rings (SSSR count). The van der Waals surface area contributed by atoms with Crippen LogP contribution in [-0.2, 0) is 6.42 Å². The summed E-state index contributed by atoms with van der Waals surface area (Å²) in [4.78, 5) is 17.5. The third-order valence-corrected chi connectivity index (χ3v) is 4.57. The maximum atomic E-state index is 13.3. The van der Waals surface area contributed by atoms with Gasteiger partial charge in [-0.2, -0.15) is 9.64 Å². The minimum Gasteiger partial charge on any atom is -0.322 e. The predicted molar refractivity (Wildman–Crippen MR) is 92.9 cm³/mol. The molecule has 8 heteroatoms. The summed E-state index contributed by atoms with van der Waals surface area (Å²) in [5.41, 5.74) is 2.21. The Balaban J connectivity index is 1.83. The molecule has 0 bridgehead atoms. The van der Waals surface area contributed by atoms with Crippen molar-refractivity contribution >= 4 is 23.1 Å². The van der Waals surface area contributed by atoms with Gasteiger partial charge in [0.25, 0.3) is 5.91 Å². The lowest BCUT2D eigenvalue weighted by Crippen LogP contribution is -2.14. The van der Waals surface area contributed by atoms with E-state index >= 15 is 0 Å². The zero-order chi connectivity index (χ0) is 18.7. The van der Waals surface area contributed by atoms with Gasteiger partial charge in [0.1, 0.15) is 6.07 Å². The molecule has 0 saturated carbocycles. The summed E-state index contributed by atoms with van der Waals surface area (Å²) in [6.45, 7) is 1.70. The fraction of sp³-hybridized carbons (Fsp3) is 0.111. The van der Waals surface area contributed by atoms with Crippen LogP contribution < -0.4 is 5.32 Å². The number of amides is 1. The molecule has 0 fully saturated rings. The van der Waals surface area contributed by atoms with Gasteiger partial charge < -0.3 is 5.32 Å². The van der Waals surface area contributed by atoms with E-state index in [1.807, 2.05) is 6.07 Å². The highest BCUT2D eigenvalue weighted by Crippen LogP contribution is 2.23. The monoisotopic (exact) mass is 370 g/mol. The minimum atomic E-state index is -1.04. The molecule has 130 valence electrons. The van der Waals surface area contributed by atoms with Crippen molar-refractivity contribution in [2.24, 2.45) is 0 Å². The number of nitrogens with one attached hydrogen (secondary N) is 1. The Kier molecular flexibility index (Phi) is 5.00. The lowest BCUT2D eigenvalue weighted by molar-refractivity contribution is 0.102. The first kappa shape index (κ1) is 17.6. The Hall–Kier alpha value is -3.18. The zero-order valence-electron chi connectivity index (χ0n) is 13.6. The molecular formula is C18H12F2N4OS. The molecule has 0 unspecified atom stereocenters. The smallest absolute Gasteiger partial charge is 0.258 e. The Bertz CT molecular complexity index is 1010. The molecule has 2 heterocycles. The SMILES string of the molecule is Cc1nsc(Cc2ccc(C#N)cn2)c1C(=O)Nc1ccc(F)c(F)c1. The van der Waals surface area contributed by atoms with Crippen LogP contribution in [0.1, 0.15) is 32.2 Å². The first-order valence-electron chi connectivity index (χ1n) is 7.54. The highest BCUT2D eigenvalue weighted by molar-refractivity contribution is 7.06. The molecule has 26 heavy (non-hydrogen) atoms. The molecule has 1 aromatic carbocycles. The van der Waals surface area contributed by atoms with E-state index in [0.717, 1.165) is 12.1 Å². The number of hydrogen-bond donors (Lipinski definition) is 1. The van der Waals surface area contributed by atoms with E-state index in [1.54, 1.807) is 19.1 Å². The summed E-state index contributed by atoms with van der Waals surface area (Å²) in [6, 6.07) is 8.51. The molecule has 5 nitrogen and oxygen atoms in total. The second-order valence-corrected chi connectivity index (χ2v) is 6.33. The average molecular weight is 370 g/mol. The summed E-state index contributed by atoms with van der Waals surface area (Å²) >= 11 is 1.18. The number of pyridine rings is 1. The summed E-state index contributed by atoms with van der Waals surface area (Å²) in [6.07, 6.45) is 1.84. The molecule has 1 N–H and O–H groups in total. The van der Waals surface area contributed by atoms with Gasteiger partial charge in [0.15, 0.2) is 11.6 Å². The summed E-state index contributed by atoms with van der Waals surface area (Å²) < 4.78 is 30.5. The zero-order valence-corrected chi connectivity index (χ0v) is 14.4. The third-order valence-electron chi connectivity index (χ3n) is 3.63. The number of carbonyl (C=O) groups excluding carboxylic acids is 1. The van der Waals surface area contributed by atoms with Crippen molar-refractivity contribution < 1.29 is 13.6 Å². The number of nitriles is 1. The van der Waals surface area contributed by atoms with Gasteiger partial charge in [-0.3, -0.25) is 9.78 Å². The van der Waals surface area contributed by atoms with Crippen molar-refractivity contribution in [2.75, 3.05) is 5.32 Å². The van der Waals surface area contributed by atoms with E-state index in [0.29, 0.717) is 33.8 Å². The van der Waals surface area contributed by atoms with Gasteiger partial charge in [-0.05, 0) is 42.7 Å². The van der Waals surface area contributed by atoms with E-state index in [2.05, 4.69) is 14.7 Å². The minimum absolute atomic E-state index is 0.155. The molecule has 0 saturated heterocycles. The van der Waals surface area contributed by atoms with Gasteiger partial charge >= 0.3 is 0 Å². The quantitative estimate of drug-likeness (QED) is 0.757. The second-order valence-electron chi connectivity index (χ2n) is 5.48. The van der Waals surface area contributed by atoms with E-state index < -0.39 is 17.5 Å². The molecule has 0 radical (unpaired) electrons. The van der Waals surface area contributed by atoms with Crippen LogP contribution in [0.5, 0.6) is 0 Å². The van der Waals surface area contributed by atoms with Gasteiger partial charge in [-0.1, -0.05) is 0 Å². The fourth-order valence-electron chi connectivity index (χ4n) is 2.36. The molecular weight excluding hydrogens is 358 g/mol. The maximum absolute atomic E-state index is 13.3. The van der Waals surface area contributed by atoms with Crippen LogP contribution in [-0.4, -0.2) is 15.3 Å². The summed E-state index contributed by atoms with van der Waals surface area (Å²) in [5, 5.41) is 11.4. The number of anilines is 1. The fourth-order valence-corrected chi connectivity index (χ4v) is 3.24. The van der Waals surface area contributed by atoms with Crippen molar-refractivity contribution in [3.8, 4) is 6.07 Å². The van der Waals surface area contributed by atoms with Crippen molar-refractivity contribution in [3.05, 3.63) is 75.6 Å². The molecule has 0 aliphatic rings. The Morgan fingerprint density at radius 1 is 1.27 bits per heavy atom.